The van der Waals surface area contributed by atoms with Crippen molar-refractivity contribution in [3.05, 3.63) is 67.5 Å². The lowest BCUT2D eigenvalue weighted by molar-refractivity contribution is -0.385. The fraction of sp³-hybridized carbons (Fsp3) is 0.278. The molecule has 0 saturated heterocycles. The number of carbonyl (C=O) groups excluding carboxylic acids is 1. The molecule has 32 heavy (non-hydrogen) atoms. The first-order valence-electron chi connectivity index (χ1n) is 8.90. The molecule has 0 aliphatic rings. The van der Waals surface area contributed by atoms with E-state index >= 15 is 0 Å². The van der Waals surface area contributed by atoms with Gasteiger partial charge in [0.15, 0.2) is 23.3 Å². The summed E-state index contributed by atoms with van der Waals surface area (Å²) in [6.07, 6.45) is 0. The van der Waals surface area contributed by atoms with Crippen LogP contribution in [-0.4, -0.2) is 30.4 Å². The summed E-state index contributed by atoms with van der Waals surface area (Å²) in [7, 11) is 1.41. The molecular formula is C18H15F5N6O3. The fourth-order valence-corrected chi connectivity index (χ4v) is 3.11. The van der Waals surface area contributed by atoms with Crippen molar-refractivity contribution in [3.8, 4) is 0 Å². The summed E-state index contributed by atoms with van der Waals surface area (Å²) in [6.45, 7) is 3.37. The van der Waals surface area contributed by atoms with E-state index in [4.69, 9.17) is 0 Å². The van der Waals surface area contributed by atoms with Crippen molar-refractivity contribution in [1.82, 2.24) is 19.6 Å². The molecule has 1 aromatic carbocycles. The molecule has 9 nitrogen and oxygen atoms in total. The molecule has 3 aromatic rings. The Kier molecular flexibility index (Phi) is 5.72. The van der Waals surface area contributed by atoms with Crippen molar-refractivity contribution < 1.29 is 31.7 Å². The van der Waals surface area contributed by atoms with Crippen LogP contribution in [0, 0.1) is 60.0 Å². The topological polar surface area (TPSA) is 108 Å². The Morgan fingerprint density at radius 1 is 0.969 bits per heavy atom. The maximum absolute atomic E-state index is 14.0. The van der Waals surface area contributed by atoms with E-state index in [-0.39, 0.29) is 22.8 Å². The van der Waals surface area contributed by atoms with Crippen LogP contribution in [0.15, 0.2) is 0 Å². The first-order chi connectivity index (χ1) is 14.9. The van der Waals surface area contributed by atoms with Gasteiger partial charge in [0.25, 0.3) is 5.91 Å². The zero-order valence-corrected chi connectivity index (χ0v) is 17.1. The third-order valence-electron chi connectivity index (χ3n) is 4.93. The SMILES string of the molecule is Cc1nn(Cc2c(F)c(F)c(F)c(F)c2F)c(C)c1NC(=O)c1nn(C)c(C)c1[N+](=O)[O-]. The van der Waals surface area contributed by atoms with E-state index in [1.54, 1.807) is 0 Å². The van der Waals surface area contributed by atoms with E-state index in [2.05, 4.69) is 15.5 Å². The Bertz CT molecular complexity index is 1250. The minimum Gasteiger partial charge on any atom is -0.317 e. The maximum Gasteiger partial charge on any atom is 0.322 e. The Morgan fingerprint density at radius 2 is 1.50 bits per heavy atom. The lowest BCUT2D eigenvalue weighted by atomic mass is 10.1. The molecule has 3 rings (SSSR count). The van der Waals surface area contributed by atoms with Gasteiger partial charge in [-0.1, -0.05) is 0 Å². The summed E-state index contributed by atoms with van der Waals surface area (Å²) in [6, 6.07) is 0. The summed E-state index contributed by atoms with van der Waals surface area (Å²) in [5.41, 5.74) is -1.67. The first kappa shape index (κ1) is 22.8. The van der Waals surface area contributed by atoms with Gasteiger partial charge in [0, 0.05) is 7.05 Å². The second kappa shape index (κ2) is 8.01. The average molecular weight is 458 g/mol. The Hall–Kier alpha value is -3.84. The van der Waals surface area contributed by atoms with E-state index in [0.717, 1.165) is 9.36 Å². The highest BCUT2D eigenvalue weighted by Gasteiger charge is 2.31. The Labute approximate surface area is 176 Å². The zero-order chi connectivity index (χ0) is 24.1. The number of aryl methyl sites for hydroxylation is 2. The third-order valence-corrected chi connectivity index (χ3v) is 4.93. The molecule has 0 bridgehead atoms. The maximum atomic E-state index is 14.0. The first-order valence-corrected chi connectivity index (χ1v) is 8.90. The molecular weight excluding hydrogens is 443 g/mol. The largest absolute Gasteiger partial charge is 0.322 e. The number of hydrogen-bond donors (Lipinski definition) is 1. The highest BCUT2D eigenvalue weighted by Crippen LogP contribution is 2.28. The van der Waals surface area contributed by atoms with Crippen LogP contribution in [0.4, 0.5) is 33.3 Å². The number of aromatic nitrogens is 4. The zero-order valence-electron chi connectivity index (χ0n) is 17.1. The highest BCUT2D eigenvalue weighted by molar-refractivity contribution is 6.06. The lowest BCUT2D eigenvalue weighted by Crippen LogP contribution is -2.16. The normalized spacial score (nSPS) is 11.2. The molecule has 0 saturated carbocycles. The van der Waals surface area contributed by atoms with Crippen LogP contribution in [0.1, 0.15) is 33.1 Å². The number of amides is 1. The second-order valence-corrected chi connectivity index (χ2v) is 6.87. The number of rotatable bonds is 5. The molecule has 0 fully saturated rings. The number of anilines is 1. The van der Waals surface area contributed by atoms with Crippen LogP contribution in [0.3, 0.4) is 0 Å². The Balaban J connectivity index is 1.98. The van der Waals surface area contributed by atoms with Gasteiger partial charge in [0.1, 0.15) is 5.69 Å². The van der Waals surface area contributed by atoms with Gasteiger partial charge in [-0.3, -0.25) is 24.3 Å². The predicted molar refractivity (Wildman–Crippen MR) is 99.6 cm³/mol. The molecule has 0 unspecified atom stereocenters. The highest BCUT2D eigenvalue weighted by atomic mass is 19.2. The van der Waals surface area contributed by atoms with Crippen molar-refractivity contribution >= 4 is 17.3 Å². The van der Waals surface area contributed by atoms with Crippen LogP contribution in [-0.2, 0) is 13.6 Å². The van der Waals surface area contributed by atoms with E-state index in [9.17, 15) is 36.9 Å². The molecule has 1 N–H and O–H groups in total. The standard InChI is InChI=1S/C18H15F5N6O3/c1-6-15(24-18(30)16-17(29(31)32)8(3)27(4)26-16)7(2)28(25-6)5-9-10(19)12(21)14(23)13(22)11(9)20/h5H2,1-4H3,(H,24,30). The molecule has 0 aliphatic carbocycles. The molecule has 0 spiro atoms. The van der Waals surface area contributed by atoms with E-state index < -0.39 is 63.4 Å². The van der Waals surface area contributed by atoms with Crippen LogP contribution in [0.2, 0.25) is 0 Å². The molecule has 2 aromatic heterocycles. The van der Waals surface area contributed by atoms with Crippen molar-refractivity contribution in [2.75, 3.05) is 5.32 Å². The van der Waals surface area contributed by atoms with Gasteiger partial charge in [-0.05, 0) is 20.8 Å². The number of nitro groups is 1. The van der Waals surface area contributed by atoms with Crippen molar-refractivity contribution in [3.63, 3.8) is 0 Å². The second-order valence-electron chi connectivity index (χ2n) is 6.87. The van der Waals surface area contributed by atoms with E-state index in [0.29, 0.717) is 0 Å². The summed E-state index contributed by atoms with van der Waals surface area (Å²) in [5.74, 6) is -11.4. The summed E-state index contributed by atoms with van der Waals surface area (Å²) >= 11 is 0. The predicted octanol–water partition coefficient (Wildman–Crippen LogP) is 3.45. The van der Waals surface area contributed by atoms with Gasteiger partial charge < -0.3 is 5.32 Å². The Morgan fingerprint density at radius 3 is 2.03 bits per heavy atom. The summed E-state index contributed by atoms with van der Waals surface area (Å²) in [4.78, 5) is 23.2. The monoisotopic (exact) mass is 458 g/mol. The molecule has 0 atom stereocenters. The van der Waals surface area contributed by atoms with Crippen molar-refractivity contribution in [2.45, 2.75) is 27.3 Å². The molecule has 2 heterocycles. The summed E-state index contributed by atoms with van der Waals surface area (Å²) in [5, 5.41) is 21.5. The van der Waals surface area contributed by atoms with Crippen LogP contribution < -0.4 is 5.32 Å². The van der Waals surface area contributed by atoms with Crippen LogP contribution >= 0.6 is 0 Å². The number of halogens is 5. The molecule has 0 radical (unpaired) electrons. The number of nitrogens with zero attached hydrogens (tertiary/aromatic N) is 5. The van der Waals surface area contributed by atoms with Crippen LogP contribution in [0.5, 0.6) is 0 Å². The molecule has 14 heteroatoms. The molecule has 1 amide bonds. The van der Waals surface area contributed by atoms with Gasteiger partial charge in [0.2, 0.25) is 11.5 Å². The van der Waals surface area contributed by atoms with Gasteiger partial charge in [-0.2, -0.15) is 10.2 Å². The van der Waals surface area contributed by atoms with Crippen molar-refractivity contribution in [2.24, 2.45) is 7.05 Å². The van der Waals surface area contributed by atoms with Crippen molar-refractivity contribution in [1.29, 1.82) is 0 Å². The van der Waals surface area contributed by atoms with Crippen LogP contribution in [0.25, 0.3) is 0 Å². The number of carbonyl (C=O) groups is 1. The third kappa shape index (κ3) is 3.56. The van der Waals surface area contributed by atoms with E-state index in [1.165, 1.54) is 27.8 Å². The number of nitrogens with one attached hydrogen (secondary N) is 1. The fourth-order valence-electron chi connectivity index (χ4n) is 3.11. The van der Waals surface area contributed by atoms with Gasteiger partial charge >= 0.3 is 5.69 Å². The number of hydrogen-bond acceptors (Lipinski definition) is 5. The lowest BCUT2D eigenvalue weighted by Gasteiger charge is -2.10. The smallest absolute Gasteiger partial charge is 0.317 e. The minimum absolute atomic E-state index is 0.0384. The van der Waals surface area contributed by atoms with E-state index in [1.807, 2.05) is 0 Å². The molecule has 170 valence electrons. The molecule has 0 aliphatic heterocycles. The van der Waals surface area contributed by atoms with Gasteiger partial charge in [0.05, 0.1) is 34.1 Å². The number of benzene rings is 1. The average Bonchev–Trinajstić information content (AvgIpc) is 3.18. The van der Waals surface area contributed by atoms with Gasteiger partial charge in [-0.25, -0.2) is 22.0 Å². The minimum atomic E-state index is -2.28. The van der Waals surface area contributed by atoms with Gasteiger partial charge in [-0.15, -0.1) is 0 Å². The summed E-state index contributed by atoms with van der Waals surface area (Å²) < 4.78 is 70.3. The quantitative estimate of drug-likeness (QED) is 0.207.